The van der Waals surface area contributed by atoms with Crippen LogP contribution in [0.4, 0.5) is 0 Å². The minimum atomic E-state index is -0.264. The summed E-state index contributed by atoms with van der Waals surface area (Å²) in [5.41, 5.74) is 20.8. The maximum absolute atomic E-state index is 10.7. The number of nitriles is 2. The van der Waals surface area contributed by atoms with Crippen LogP contribution in [0.3, 0.4) is 0 Å². The summed E-state index contributed by atoms with van der Waals surface area (Å²) in [5, 5.41) is 25.5. The SMILES string of the molecule is CC1(C)c2ccccc2-c2ccc3c(c21)c1ccccc1n3-c1ccc(C#N)cc1-c1nc(-c2ccccc2)nc(-c2cc(-c3cccc(C#N)c3)ccc2-n2c3ccccc3c3c4c(ccc32)-c2ccccc2C4(C)C)n1. The fourth-order valence-electron chi connectivity index (χ4n) is 13.4. The van der Waals surface area contributed by atoms with Crippen LogP contribution in [0.5, 0.6) is 0 Å². The van der Waals surface area contributed by atoms with Crippen LogP contribution < -0.4 is 0 Å². The van der Waals surface area contributed by atoms with Gasteiger partial charge in [0.25, 0.3) is 0 Å². The van der Waals surface area contributed by atoms with Crippen molar-refractivity contribution in [2.45, 2.75) is 38.5 Å². The Bertz CT molecular complexity index is 4820. The highest BCUT2D eigenvalue weighted by molar-refractivity contribution is 6.16. The van der Waals surface area contributed by atoms with Gasteiger partial charge in [0.2, 0.25) is 0 Å². The smallest absolute Gasteiger partial charge is 0.166 e. The Morgan fingerprint density at radius 1 is 0.346 bits per heavy atom. The van der Waals surface area contributed by atoms with Gasteiger partial charge < -0.3 is 9.13 Å². The Balaban J connectivity index is 1.02. The molecule has 0 unspecified atom stereocenters. The lowest BCUT2D eigenvalue weighted by molar-refractivity contribution is 0.666. The van der Waals surface area contributed by atoms with E-state index in [1.165, 1.54) is 55.3 Å². The van der Waals surface area contributed by atoms with Gasteiger partial charge in [-0.15, -0.1) is 0 Å². The molecule has 0 saturated heterocycles. The van der Waals surface area contributed by atoms with Gasteiger partial charge in [-0.25, -0.2) is 15.0 Å². The van der Waals surface area contributed by atoms with Crippen molar-refractivity contribution in [3.8, 4) is 91.1 Å². The summed E-state index contributed by atoms with van der Waals surface area (Å²) in [6, 6.07) is 78.9. The Hall–Kier alpha value is -10.2. The normalized spacial score (nSPS) is 13.6. The van der Waals surface area contributed by atoms with Crippen LogP contribution in [0.1, 0.15) is 61.1 Å². The summed E-state index contributed by atoms with van der Waals surface area (Å²) >= 11 is 0. The third kappa shape index (κ3) is 6.40. The predicted octanol–water partition coefficient (Wildman–Crippen LogP) is 17.1. The number of benzene rings is 10. The molecule has 7 heteroatoms. The summed E-state index contributed by atoms with van der Waals surface area (Å²) in [6.07, 6.45) is 0. The first-order valence-electron chi connectivity index (χ1n) is 26.5. The van der Waals surface area contributed by atoms with Gasteiger partial charge in [0.1, 0.15) is 0 Å². The molecule has 0 aliphatic heterocycles. The van der Waals surface area contributed by atoms with E-state index in [9.17, 15) is 10.5 Å². The van der Waals surface area contributed by atoms with Crippen LogP contribution in [0, 0.1) is 22.7 Å². The van der Waals surface area contributed by atoms with Crippen LogP contribution in [0.25, 0.3) is 123 Å². The molecule has 0 radical (unpaired) electrons. The van der Waals surface area contributed by atoms with Crippen molar-refractivity contribution in [2.75, 3.05) is 0 Å². The molecule has 0 spiro atoms. The molecule has 78 heavy (non-hydrogen) atoms. The van der Waals surface area contributed by atoms with Crippen molar-refractivity contribution in [2.24, 2.45) is 0 Å². The average molecular weight is 998 g/mol. The zero-order chi connectivity index (χ0) is 52.6. The number of fused-ring (bicyclic) bond motifs is 14. The minimum absolute atomic E-state index is 0.263. The molecule has 2 aliphatic rings. The number of rotatable bonds is 6. The quantitative estimate of drug-likeness (QED) is 0.165. The molecule has 13 aromatic rings. The van der Waals surface area contributed by atoms with Crippen molar-refractivity contribution in [3.63, 3.8) is 0 Å². The van der Waals surface area contributed by atoms with Crippen molar-refractivity contribution in [1.29, 1.82) is 10.5 Å². The predicted molar refractivity (Wildman–Crippen MR) is 315 cm³/mol. The topological polar surface area (TPSA) is 96.1 Å². The van der Waals surface area contributed by atoms with Crippen LogP contribution >= 0.6 is 0 Å². The highest BCUT2D eigenvalue weighted by Gasteiger charge is 2.40. The summed E-state index contributed by atoms with van der Waals surface area (Å²) in [7, 11) is 0. The lowest BCUT2D eigenvalue weighted by atomic mass is 9.80. The zero-order valence-electron chi connectivity index (χ0n) is 43.3. The van der Waals surface area contributed by atoms with Crippen molar-refractivity contribution < 1.29 is 0 Å². The first kappa shape index (κ1) is 45.2. The van der Waals surface area contributed by atoms with Crippen LogP contribution in [0.2, 0.25) is 0 Å². The van der Waals surface area contributed by atoms with E-state index in [1.54, 1.807) is 0 Å². The summed E-state index contributed by atoms with van der Waals surface area (Å²) in [4.78, 5) is 16.5. The highest BCUT2D eigenvalue weighted by Crippen LogP contribution is 2.55. The van der Waals surface area contributed by atoms with Crippen molar-refractivity contribution in [1.82, 2.24) is 24.1 Å². The Labute approximate surface area is 451 Å². The van der Waals surface area contributed by atoms with Gasteiger partial charge in [-0.1, -0.05) is 173 Å². The van der Waals surface area contributed by atoms with Gasteiger partial charge in [0, 0.05) is 49.1 Å². The monoisotopic (exact) mass is 997 g/mol. The maximum Gasteiger partial charge on any atom is 0.166 e. The summed E-state index contributed by atoms with van der Waals surface area (Å²) in [5.74, 6) is 1.37. The van der Waals surface area contributed by atoms with Gasteiger partial charge in [0.05, 0.1) is 56.7 Å². The minimum Gasteiger partial charge on any atom is -0.308 e. The van der Waals surface area contributed by atoms with Crippen LogP contribution in [-0.2, 0) is 10.8 Å². The van der Waals surface area contributed by atoms with Crippen molar-refractivity contribution >= 4 is 43.6 Å². The fourth-order valence-corrected chi connectivity index (χ4v) is 13.4. The van der Waals surface area contributed by atoms with Crippen LogP contribution in [-0.4, -0.2) is 24.1 Å². The molecule has 0 bridgehead atoms. The Kier molecular flexibility index (Phi) is 9.65. The van der Waals surface area contributed by atoms with Gasteiger partial charge in [-0.05, 0) is 122 Å². The highest BCUT2D eigenvalue weighted by atomic mass is 15.1. The number of hydrogen-bond acceptors (Lipinski definition) is 5. The summed E-state index contributed by atoms with van der Waals surface area (Å²) < 4.78 is 4.70. The Morgan fingerprint density at radius 2 is 0.808 bits per heavy atom. The molecular weight excluding hydrogens is 951 g/mol. The molecule has 2 aliphatic carbocycles. The molecule has 3 heterocycles. The Morgan fingerprint density at radius 3 is 1.38 bits per heavy atom. The molecule has 0 N–H and O–H groups in total. The molecule has 15 rings (SSSR count). The van der Waals surface area contributed by atoms with Gasteiger partial charge in [0.15, 0.2) is 17.5 Å². The van der Waals surface area contributed by atoms with Gasteiger partial charge >= 0.3 is 0 Å². The van der Waals surface area contributed by atoms with E-state index in [0.29, 0.717) is 34.2 Å². The lowest BCUT2D eigenvalue weighted by Gasteiger charge is -2.23. The second-order valence-corrected chi connectivity index (χ2v) is 21.8. The average Bonchev–Trinajstić information content (AvgIpc) is 3.50. The maximum atomic E-state index is 10.7. The molecule has 10 aromatic carbocycles. The van der Waals surface area contributed by atoms with Crippen molar-refractivity contribution in [3.05, 3.63) is 246 Å². The fraction of sp³-hybridized carbons (Fsp3) is 0.0845. The molecule has 7 nitrogen and oxygen atoms in total. The van der Waals surface area contributed by atoms with E-state index in [1.807, 2.05) is 72.8 Å². The number of hydrogen-bond donors (Lipinski definition) is 0. The largest absolute Gasteiger partial charge is 0.308 e. The third-order valence-electron chi connectivity index (χ3n) is 16.8. The number of para-hydroxylation sites is 2. The molecule has 0 amide bonds. The zero-order valence-corrected chi connectivity index (χ0v) is 43.3. The van der Waals surface area contributed by atoms with Crippen LogP contribution in [0.15, 0.2) is 212 Å². The molecule has 366 valence electrons. The van der Waals surface area contributed by atoms with E-state index in [-0.39, 0.29) is 10.8 Å². The first-order chi connectivity index (χ1) is 38.1. The van der Waals surface area contributed by atoms with Gasteiger partial charge in [-0.2, -0.15) is 10.5 Å². The number of aromatic nitrogens is 5. The molecule has 0 atom stereocenters. The second-order valence-electron chi connectivity index (χ2n) is 21.8. The van der Waals surface area contributed by atoms with E-state index in [4.69, 9.17) is 15.0 Å². The van der Waals surface area contributed by atoms with E-state index in [2.05, 4.69) is 188 Å². The van der Waals surface area contributed by atoms with Gasteiger partial charge in [-0.3, -0.25) is 0 Å². The summed E-state index contributed by atoms with van der Waals surface area (Å²) in [6.45, 7) is 9.36. The lowest BCUT2D eigenvalue weighted by Crippen LogP contribution is -2.15. The molecule has 0 saturated carbocycles. The van der Waals surface area contributed by atoms with E-state index < -0.39 is 0 Å². The third-order valence-corrected chi connectivity index (χ3v) is 16.8. The molecule has 0 fully saturated rings. The number of nitrogens with zero attached hydrogens (tertiary/aromatic N) is 7. The molecular formula is C71H47N7. The molecule has 3 aromatic heterocycles. The first-order valence-corrected chi connectivity index (χ1v) is 26.5. The second kappa shape index (κ2) is 16.6. The standard InChI is InChI=1S/C71H47N7/c1-70(2)55-25-12-8-21-47(55)49-31-35-61-63(65(49)70)51-23-10-14-27-57(51)77(61)59-33-29-43(41-73)38-53(59)68-74-67(44-18-6-5-7-19-44)75-69(76-68)54-39-46(45-20-16-17-42(37-45)40-72)30-34-60(54)78-58-28-15-11-24-52(58)64-62(78)36-32-50-48-22-9-13-26-56(48)71(3,4)66(50)64/h5-39H,1-4H3. The van der Waals surface area contributed by atoms with E-state index in [0.717, 1.165) is 66.5 Å². The van der Waals surface area contributed by atoms with E-state index >= 15 is 0 Å².